The summed E-state index contributed by atoms with van der Waals surface area (Å²) in [7, 11) is 0. The summed E-state index contributed by atoms with van der Waals surface area (Å²) in [6.07, 6.45) is 1.09. The Bertz CT molecular complexity index is 305. The molecule has 0 bridgehead atoms. The highest BCUT2D eigenvalue weighted by molar-refractivity contribution is 7.99. The van der Waals surface area contributed by atoms with Gasteiger partial charge in [-0.05, 0) is 6.42 Å². The molecule has 2 aliphatic rings. The maximum absolute atomic E-state index is 12.0. The number of carboxylic acids is 1. The average molecular weight is 258 g/mol. The van der Waals surface area contributed by atoms with E-state index in [1.807, 2.05) is 11.8 Å². The van der Waals surface area contributed by atoms with Gasteiger partial charge in [0.25, 0.3) is 0 Å². The van der Waals surface area contributed by atoms with Gasteiger partial charge in [0.15, 0.2) is 0 Å². The molecular formula is C11H18N2O3S. The standard InChI is InChI=1S/C11H18N2O3S/c14-10(5-9-7-17-4-2-12-9)13-3-1-8(6-13)11(15)16/h8-9,12H,1-7H2,(H,15,16). The van der Waals surface area contributed by atoms with Crippen LogP contribution in [0.5, 0.6) is 0 Å². The van der Waals surface area contributed by atoms with Gasteiger partial charge in [-0.1, -0.05) is 0 Å². The predicted octanol–water partition coefficient (Wildman–Crippen LogP) is 0.0146. The Morgan fingerprint density at radius 1 is 1.47 bits per heavy atom. The van der Waals surface area contributed by atoms with Gasteiger partial charge in [0.05, 0.1) is 5.92 Å². The molecule has 2 rings (SSSR count). The van der Waals surface area contributed by atoms with Gasteiger partial charge in [0, 0.05) is 43.6 Å². The fourth-order valence-corrected chi connectivity index (χ4v) is 3.23. The highest BCUT2D eigenvalue weighted by Crippen LogP contribution is 2.18. The highest BCUT2D eigenvalue weighted by Gasteiger charge is 2.31. The number of hydrogen-bond acceptors (Lipinski definition) is 4. The molecule has 2 saturated heterocycles. The number of nitrogens with zero attached hydrogens (tertiary/aromatic N) is 1. The van der Waals surface area contributed by atoms with Crippen molar-refractivity contribution in [3.63, 3.8) is 0 Å². The lowest BCUT2D eigenvalue weighted by Crippen LogP contribution is -2.42. The van der Waals surface area contributed by atoms with Gasteiger partial charge in [-0.3, -0.25) is 9.59 Å². The second-order valence-electron chi connectivity index (χ2n) is 4.59. The molecule has 96 valence electrons. The molecule has 6 heteroatoms. The van der Waals surface area contributed by atoms with Crippen LogP contribution in [0.3, 0.4) is 0 Å². The molecule has 17 heavy (non-hydrogen) atoms. The van der Waals surface area contributed by atoms with Crippen LogP contribution in [0.4, 0.5) is 0 Å². The summed E-state index contributed by atoms with van der Waals surface area (Å²) in [4.78, 5) is 24.5. The second-order valence-corrected chi connectivity index (χ2v) is 5.74. The first-order valence-electron chi connectivity index (χ1n) is 5.98. The first-order valence-corrected chi connectivity index (χ1v) is 7.14. The van der Waals surface area contributed by atoms with Crippen LogP contribution in [0, 0.1) is 5.92 Å². The van der Waals surface area contributed by atoms with Crippen LogP contribution in [-0.2, 0) is 9.59 Å². The molecule has 2 heterocycles. The zero-order valence-corrected chi connectivity index (χ0v) is 10.5. The number of thioether (sulfide) groups is 1. The Hall–Kier alpha value is -0.750. The maximum Gasteiger partial charge on any atom is 0.308 e. The van der Waals surface area contributed by atoms with Gasteiger partial charge >= 0.3 is 5.97 Å². The minimum absolute atomic E-state index is 0.0914. The van der Waals surface area contributed by atoms with Crippen molar-refractivity contribution in [3.8, 4) is 0 Å². The third-order valence-corrected chi connectivity index (χ3v) is 4.44. The van der Waals surface area contributed by atoms with Gasteiger partial charge in [0.2, 0.25) is 5.91 Å². The third-order valence-electron chi connectivity index (χ3n) is 3.31. The number of nitrogens with one attached hydrogen (secondary N) is 1. The molecule has 5 nitrogen and oxygen atoms in total. The van der Waals surface area contributed by atoms with Crippen molar-refractivity contribution in [2.75, 3.05) is 31.1 Å². The fourth-order valence-electron chi connectivity index (χ4n) is 2.28. The number of rotatable bonds is 3. The van der Waals surface area contributed by atoms with Crippen LogP contribution in [0.1, 0.15) is 12.8 Å². The van der Waals surface area contributed by atoms with Crippen molar-refractivity contribution in [1.82, 2.24) is 10.2 Å². The molecule has 0 radical (unpaired) electrons. The summed E-state index contributed by atoms with van der Waals surface area (Å²) >= 11 is 1.87. The maximum atomic E-state index is 12.0. The first kappa shape index (κ1) is 12.7. The molecule has 2 unspecified atom stereocenters. The lowest BCUT2D eigenvalue weighted by molar-refractivity contribution is -0.141. The normalized spacial score (nSPS) is 29.3. The van der Waals surface area contributed by atoms with Gasteiger partial charge in [-0.15, -0.1) is 0 Å². The van der Waals surface area contributed by atoms with E-state index in [4.69, 9.17) is 5.11 Å². The number of carboxylic acid groups (broad SMARTS) is 1. The molecule has 0 aromatic rings. The Kier molecular flexibility index (Phi) is 4.28. The zero-order chi connectivity index (χ0) is 12.3. The second kappa shape index (κ2) is 5.73. The van der Waals surface area contributed by atoms with Crippen LogP contribution in [0.15, 0.2) is 0 Å². The summed E-state index contributed by atoms with van der Waals surface area (Å²) in [6.45, 7) is 1.93. The van der Waals surface area contributed by atoms with Crippen molar-refractivity contribution in [3.05, 3.63) is 0 Å². The quantitative estimate of drug-likeness (QED) is 0.746. The van der Waals surface area contributed by atoms with Crippen LogP contribution in [-0.4, -0.2) is 59.1 Å². The first-order chi connectivity index (χ1) is 8.16. The smallest absolute Gasteiger partial charge is 0.308 e. The van der Waals surface area contributed by atoms with Gasteiger partial charge in [0.1, 0.15) is 0 Å². The topological polar surface area (TPSA) is 69.6 Å². The molecule has 0 aromatic carbocycles. The largest absolute Gasteiger partial charge is 0.481 e. The third kappa shape index (κ3) is 3.35. The van der Waals surface area contributed by atoms with Crippen LogP contribution in [0.25, 0.3) is 0 Å². The Balaban J connectivity index is 1.78. The van der Waals surface area contributed by atoms with E-state index < -0.39 is 5.97 Å². The van der Waals surface area contributed by atoms with Crippen molar-refractivity contribution >= 4 is 23.6 Å². The number of amides is 1. The number of aliphatic carboxylic acids is 1. The van der Waals surface area contributed by atoms with Gasteiger partial charge < -0.3 is 15.3 Å². The van der Waals surface area contributed by atoms with E-state index in [-0.39, 0.29) is 17.9 Å². The molecular weight excluding hydrogens is 240 g/mol. The summed E-state index contributed by atoms with van der Waals surface area (Å²) < 4.78 is 0. The Labute approximate surface area is 105 Å². The summed E-state index contributed by atoms with van der Waals surface area (Å²) in [5, 5.41) is 12.2. The summed E-state index contributed by atoms with van der Waals surface area (Å²) in [5.41, 5.74) is 0. The van der Waals surface area contributed by atoms with Crippen LogP contribution >= 0.6 is 11.8 Å². The molecule has 1 amide bonds. The van der Waals surface area contributed by atoms with Crippen LogP contribution in [0.2, 0.25) is 0 Å². The minimum atomic E-state index is -0.786. The molecule has 0 spiro atoms. The number of carbonyl (C=O) groups excluding carboxylic acids is 1. The zero-order valence-electron chi connectivity index (χ0n) is 9.72. The number of hydrogen-bond donors (Lipinski definition) is 2. The molecule has 2 N–H and O–H groups in total. The predicted molar refractivity (Wildman–Crippen MR) is 66.1 cm³/mol. The van der Waals surface area contributed by atoms with E-state index in [1.165, 1.54) is 0 Å². The summed E-state index contributed by atoms with van der Waals surface area (Å²) in [5.74, 6) is 1.02. The van der Waals surface area contributed by atoms with E-state index in [0.717, 1.165) is 18.1 Å². The van der Waals surface area contributed by atoms with Crippen molar-refractivity contribution in [2.24, 2.45) is 5.92 Å². The van der Waals surface area contributed by atoms with E-state index in [0.29, 0.717) is 25.9 Å². The van der Waals surface area contributed by atoms with Crippen molar-refractivity contribution in [2.45, 2.75) is 18.9 Å². The Morgan fingerprint density at radius 3 is 2.88 bits per heavy atom. The molecule has 0 saturated carbocycles. The van der Waals surface area contributed by atoms with Crippen LogP contribution < -0.4 is 5.32 Å². The van der Waals surface area contributed by atoms with E-state index in [9.17, 15) is 9.59 Å². The highest BCUT2D eigenvalue weighted by atomic mass is 32.2. The molecule has 2 aliphatic heterocycles. The fraction of sp³-hybridized carbons (Fsp3) is 0.818. The monoisotopic (exact) mass is 258 g/mol. The molecule has 2 fully saturated rings. The Morgan fingerprint density at radius 2 is 2.29 bits per heavy atom. The molecule has 0 aromatic heterocycles. The number of carbonyl (C=O) groups is 2. The SMILES string of the molecule is O=C(O)C1CCN(C(=O)CC2CSCCN2)C1. The summed E-state index contributed by atoms with van der Waals surface area (Å²) in [6, 6.07) is 0.255. The molecule has 0 aliphatic carbocycles. The van der Waals surface area contributed by atoms with Gasteiger partial charge in [-0.25, -0.2) is 0 Å². The van der Waals surface area contributed by atoms with Crippen molar-refractivity contribution < 1.29 is 14.7 Å². The van der Waals surface area contributed by atoms with Gasteiger partial charge in [-0.2, -0.15) is 11.8 Å². The molecule has 2 atom stereocenters. The van der Waals surface area contributed by atoms with E-state index in [1.54, 1.807) is 4.90 Å². The average Bonchev–Trinajstić information content (AvgIpc) is 2.79. The lowest BCUT2D eigenvalue weighted by atomic mass is 10.1. The van der Waals surface area contributed by atoms with Crippen molar-refractivity contribution in [1.29, 1.82) is 0 Å². The minimum Gasteiger partial charge on any atom is -0.481 e. The van der Waals surface area contributed by atoms with E-state index in [2.05, 4.69) is 5.32 Å². The van der Waals surface area contributed by atoms with E-state index >= 15 is 0 Å². The number of likely N-dealkylation sites (tertiary alicyclic amines) is 1. The lowest BCUT2D eigenvalue weighted by Gasteiger charge is -2.25.